The predicted molar refractivity (Wildman–Crippen MR) is 73.5 cm³/mol. The van der Waals surface area contributed by atoms with Crippen molar-refractivity contribution < 1.29 is 14.6 Å². The number of nitrogens with zero attached hydrogens (tertiary/aromatic N) is 3. The Hall–Kier alpha value is -2.46. The number of H-pyrrole nitrogens is 1. The standard InChI is InChI=1S/C11H16N6O4/c12-11-15-9-8(10(20)16-11)14-6-17(9)5-7(19)13-1-3-21-4-2-18/h6,18H,1-5H2,(H,13,19)(H3,12,15,16,20). The molecular weight excluding hydrogens is 280 g/mol. The molecule has 0 radical (unpaired) electrons. The summed E-state index contributed by atoms with van der Waals surface area (Å²) in [5.74, 6) is -0.311. The zero-order valence-corrected chi connectivity index (χ0v) is 11.2. The van der Waals surface area contributed by atoms with Crippen LogP contribution >= 0.6 is 0 Å². The van der Waals surface area contributed by atoms with Gasteiger partial charge in [-0.2, -0.15) is 4.98 Å². The van der Waals surface area contributed by atoms with Gasteiger partial charge in [0.25, 0.3) is 5.56 Å². The fraction of sp³-hybridized carbons (Fsp3) is 0.455. The first kappa shape index (κ1) is 14.9. The van der Waals surface area contributed by atoms with Gasteiger partial charge in [-0.1, -0.05) is 0 Å². The lowest BCUT2D eigenvalue weighted by Gasteiger charge is -2.06. The van der Waals surface area contributed by atoms with Gasteiger partial charge in [-0.15, -0.1) is 0 Å². The van der Waals surface area contributed by atoms with Crippen LogP contribution in [-0.2, 0) is 16.1 Å². The summed E-state index contributed by atoms with van der Waals surface area (Å²) in [6.07, 6.45) is 1.36. The Balaban J connectivity index is 1.97. The quantitative estimate of drug-likeness (QED) is 0.425. The molecule has 2 aromatic rings. The Morgan fingerprint density at radius 1 is 1.52 bits per heavy atom. The molecule has 0 aliphatic heterocycles. The maximum absolute atomic E-state index is 11.7. The average Bonchev–Trinajstić information content (AvgIpc) is 2.82. The Morgan fingerprint density at radius 2 is 2.33 bits per heavy atom. The topological polar surface area (TPSA) is 148 Å². The van der Waals surface area contributed by atoms with Crippen molar-refractivity contribution in [3.05, 3.63) is 16.7 Å². The number of nitrogens with two attached hydrogens (primary N) is 1. The summed E-state index contributed by atoms with van der Waals surface area (Å²) in [5, 5.41) is 11.2. The summed E-state index contributed by atoms with van der Waals surface area (Å²) in [4.78, 5) is 33.5. The number of amides is 1. The molecule has 0 aromatic carbocycles. The van der Waals surface area contributed by atoms with E-state index in [1.165, 1.54) is 10.9 Å². The molecule has 2 rings (SSSR count). The van der Waals surface area contributed by atoms with E-state index in [-0.39, 0.29) is 42.8 Å². The molecule has 0 fully saturated rings. The second kappa shape index (κ2) is 6.81. The normalized spacial score (nSPS) is 10.9. The highest BCUT2D eigenvalue weighted by molar-refractivity contribution is 5.78. The van der Waals surface area contributed by atoms with E-state index in [2.05, 4.69) is 20.3 Å². The number of nitrogens with one attached hydrogen (secondary N) is 2. The maximum Gasteiger partial charge on any atom is 0.280 e. The van der Waals surface area contributed by atoms with Gasteiger partial charge in [-0.05, 0) is 0 Å². The molecule has 2 aromatic heterocycles. The van der Waals surface area contributed by atoms with Gasteiger partial charge in [0, 0.05) is 6.54 Å². The van der Waals surface area contributed by atoms with E-state index in [1.807, 2.05) is 0 Å². The minimum Gasteiger partial charge on any atom is -0.394 e. The zero-order valence-electron chi connectivity index (χ0n) is 11.2. The smallest absolute Gasteiger partial charge is 0.280 e. The molecule has 0 saturated heterocycles. The van der Waals surface area contributed by atoms with E-state index in [4.69, 9.17) is 15.6 Å². The molecule has 21 heavy (non-hydrogen) atoms. The molecule has 0 aliphatic rings. The summed E-state index contributed by atoms with van der Waals surface area (Å²) in [5.41, 5.74) is 5.40. The van der Waals surface area contributed by atoms with Crippen LogP contribution in [0.1, 0.15) is 0 Å². The number of fused-ring (bicyclic) bond motifs is 1. The Morgan fingerprint density at radius 3 is 3.10 bits per heavy atom. The minimum absolute atomic E-state index is 0.0351. The van der Waals surface area contributed by atoms with E-state index < -0.39 is 5.56 Å². The molecule has 10 heteroatoms. The molecule has 1 amide bonds. The monoisotopic (exact) mass is 296 g/mol. The predicted octanol–water partition coefficient (Wildman–Crippen LogP) is -2.17. The number of carbonyl (C=O) groups is 1. The van der Waals surface area contributed by atoms with Crippen LogP contribution in [0.15, 0.2) is 11.1 Å². The van der Waals surface area contributed by atoms with Crippen molar-refractivity contribution in [3.63, 3.8) is 0 Å². The van der Waals surface area contributed by atoms with Gasteiger partial charge in [0.1, 0.15) is 6.54 Å². The minimum atomic E-state index is -0.450. The van der Waals surface area contributed by atoms with E-state index in [9.17, 15) is 9.59 Å². The van der Waals surface area contributed by atoms with Gasteiger partial charge >= 0.3 is 0 Å². The first-order valence-electron chi connectivity index (χ1n) is 6.27. The van der Waals surface area contributed by atoms with E-state index in [1.54, 1.807) is 0 Å². The van der Waals surface area contributed by atoms with Crippen LogP contribution in [-0.4, -0.2) is 56.9 Å². The third-order valence-corrected chi connectivity index (χ3v) is 2.61. The third kappa shape index (κ3) is 3.77. The number of carbonyl (C=O) groups excluding carboxylic acids is 1. The van der Waals surface area contributed by atoms with E-state index in [0.29, 0.717) is 13.2 Å². The van der Waals surface area contributed by atoms with Gasteiger partial charge in [0.05, 0.1) is 26.1 Å². The van der Waals surface area contributed by atoms with Gasteiger partial charge in [-0.3, -0.25) is 14.6 Å². The number of anilines is 1. The zero-order chi connectivity index (χ0) is 15.2. The van der Waals surface area contributed by atoms with Gasteiger partial charge in [0.15, 0.2) is 11.2 Å². The number of aromatic amines is 1. The third-order valence-electron chi connectivity index (χ3n) is 2.61. The van der Waals surface area contributed by atoms with Crippen molar-refractivity contribution in [3.8, 4) is 0 Å². The van der Waals surface area contributed by atoms with Crippen LogP contribution in [0.5, 0.6) is 0 Å². The van der Waals surface area contributed by atoms with Crippen molar-refractivity contribution in [2.75, 3.05) is 32.1 Å². The first-order chi connectivity index (χ1) is 10.1. The molecule has 0 aliphatic carbocycles. The van der Waals surface area contributed by atoms with Gasteiger partial charge < -0.3 is 25.5 Å². The number of aliphatic hydroxyl groups excluding tert-OH is 1. The van der Waals surface area contributed by atoms with Crippen molar-refractivity contribution in [2.24, 2.45) is 0 Å². The van der Waals surface area contributed by atoms with Crippen molar-refractivity contribution in [1.29, 1.82) is 0 Å². The fourth-order valence-corrected chi connectivity index (χ4v) is 1.73. The molecule has 114 valence electrons. The lowest BCUT2D eigenvalue weighted by molar-refractivity contribution is -0.121. The van der Waals surface area contributed by atoms with Crippen LogP contribution in [0.4, 0.5) is 5.95 Å². The number of aliphatic hydroxyl groups is 1. The SMILES string of the molecule is Nc1nc2c(ncn2CC(=O)NCCOCCO)c(=O)[nH]1. The number of nitrogen functional groups attached to an aromatic ring is 1. The van der Waals surface area contributed by atoms with Gasteiger partial charge in [0.2, 0.25) is 11.9 Å². The summed E-state index contributed by atoms with van der Waals surface area (Å²) < 4.78 is 6.45. The van der Waals surface area contributed by atoms with E-state index in [0.717, 1.165) is 0 Å². The Bertz CT molecular complexity index is 679. The summed E-state index contributed by atoms with van der Waals surface area (Å²) in [6, 6.07) is 0. The summed E-state index contributed by atoms with van der Waals surface area (Å²) >= 11 is 0. The number of aromatic nitrogens is 4. The molecule has 0 saturated carbocycles. The first-order valence-corrected chi connectivity index (χ1v) is 6.27. The van der Waals surface area contributed by atoms with Crippen LogP contribution in [0, 0.1) is 0 Å². The second-order valence-electron chi connectivity index (χ2n) is 4.18. The fourth-order valence-electron chi connectivity index (χ4n) is 1.73. The number of hydrogen-bond acceptors (Lipinski definition) is 7. The van der Waals surface area contributed by atoms with Crippen molar-refractivity contribution in [1.82, 2.24) is 24.8 Å². The highest BCUT2D eigenvalue weighted by Gasteiger charge is 2.11. The number of imidazole rings is 1. The van der Waals surface area contributed by atoms with Crippen LogP contribution in [0.3, 0.4) is 0 Å². The molecule has 0 unspecified atom stereocenters. The number of hydrogen-bond donors (Lipinski definition) is 4. The summed E-state index contributed by atoms with van der Waals surface area (Å²) in [7, 11) is 0. The molecule has 0 bridgehead atoms. The second-order valence-corrected chi connectivity index (χ2v) is 4.18. The number of rotatable bonds is 7. The largest absolute Gasteiger partial charge is 0.394 e. The Labute approximate surface area is 119 Å². The lowest BCUT2D eigenvalue weighted by Crippen LogP contribution is -2.30. The van der Waals surface area contributed by atoms with E-state index >= 15 is 0 Å². The van der Waals surface area contributed by atoms with Crippen LogP contribution in [0.25, 0.3) is 11.2 Å². The van der Waals surface area contributed by atoms with Crippen LogP contribution in [0.2, 0.25) is 0 Å². The highest BCUT2D eigenvalue weighted by atomic mass is 16.5. The molecule has 0 spiro atoms. The average molecular weight is 296 g/mol. The summed E-state index contributed by atoms with van der Waals surface area (Å²) in [6.45, 7) is 0.764. The van der Waals surface area contributed by atoms with Crippen molar-refractivity contribution >= 4 is 23.0 Å². The van der Waals surface area contributed by atoms with Crippen molar-refractivity contribution in [2.45, 2.75) is 6.54 Å². The maximum atomic E-state index is 11.7. The molecule has 0 atom stereocenters. The molecule has 10 nitrogen and oxygen atoms in total. The number of ether oxygens (including phenoxy) is 1. The molecule has 2 heterocycles. The lowest BCUT2D eigenvalue weighted by atomic mass is 10.5. The highest BCUT2D eigenvalue weighted by Crippen LogP contribution is 2.05. The molecular formula is C11H16N6O4. The Kier molecular flexibility index (Phi) is 4.85. The molecule has 5 N–H and O–H groups in total. The van der Waals surface area contributed by atoms with Crippen LogP contribution < -0.4 is 16.6 Å². The van der Waals surface area contributed by atoms with Gasteiger partial charge in [-0.25, -0.2) is 4.98 Å².